The molecular formula is C6H11NO3. The second kappa shape index (κ2) is 4.78. The summed E-state index contributed by atoms with van der Waals surface area (Å²) >= 11 is 0. The van der Waals surface area contributed by atoms with Gasteiger partial charge in [0.1, 0.15) is 7.11 Å². The Morgan fingerprint density at radius 2 is 2.10 bits per heavy atom. The van der Waals surface area contributed by atoms with Gasteiger partial charge in [-0.25, -0.2) is 0 Å². The average molecular weight is 145 g/mol. The van der Waals surface area contributed by atoms with E-state index in [2.05, 4.69) is 14.7 Å². The highest BCUT2D eigenvalue weighted by atomic mass is 16.6. The summed E-state index contributed by atoms with van der Waals surface area (Å²) in [5.74, 6) is -0.307. The van der Waals surface area contributed by atoms with E-state index >= 15 is 0 Å². The first-order valence-electron chi connectivity index (χ1n) is 2.84. The van der Waals surface area contributed by atoms with E-state index in [4.69, 9.17) is 0 Å². The topological polar surface area (TPSA) is 47.9 Å². The zero-order valence-electron chi connectivity index (χ0n) is 6.38. The number of esters is 1. The zero-order valence-corrected chi connectivity index (χ0v) is 6.38. The molecule has 10 heavy (non-hydrogen) atoms. The molecule has 0 aromatic rings. The summed E-state index contributed by atoms with van der Waals surface area (Å²) in [6.45, 7) is 1.69. The van der Waals surface area contributed by atoms with Crippen LogP contribution in [0.1, 0.15) is 13.3 Å². The number of ether oxygens (including phenoxy) is 1. The number of methoxy groups -OCH3 is 1. The Bertz CT molecular complexity index is 142. The van der Waals surface area contributed by atoms with E-state index in [0.717, 1.165) is 0 Å². The van der Waals surface area contributed by atoms with Gasteiger partial charge in [0.25, 0.3) is 0 Å². The van der Waals surface area contributed by atoms with E-state index in [9.17, 15) is 4.79 Å². The fourth-order valence-corrected chi connectivity index (χ4v) is 0.469. The van der Waals surface area contributed by atoms with Gasteiger partial charge in [-0.2, -0.15) is 0 Å². The first kappa shape index (κ1) is 8.94. The fraction of sp³-hybridized carbons (Fsp3) is 0.667. The van der Waals surface area contributed by atoms with Gasteiger partial charge in [-0.15, -0.1) is 0 Å². The first-order valence-corrected chi connectivity index (χ1v) is 2.84. The molecule has 0 bridgehead atoms. The van der Waals surface area contributed by atoms with Crippen molar-refractivity contribution >= 4 is 11.7 Å². The van der Waals surface area contributed by atoms with E-state index in [1.165, 1.54) is 14.2 Å². The molecule has 0 aromatic carbocycles. The van der Waals surface area contributed by atoms with Crippen LogP contribution in [0.4, 0.5) is 0 Å². The molecule has 0 aliphatic heterocycles. The van der Waals surface area contributed by atoms with Crippen molar-refractivity contribution in [2.24, 2.45) is 5.16 Å². The summed E-state index contributed by atoms with van der Waals surface area (Å²) in [6, 6.07) is 0. The third kappa shape index (κ3) is 3.88. The second-order valence-corrected chi connectivity index (χ2v) is 1.76. The van der Waals surface area contributed by atoms with Crippen LogP contribution in [0.2, 0.25) is 0 Å². The number of rotatable bonds is 3. The molecule has 0 atom stereocenters. The average Bonchev–Trinajstić information content (AvgIpc) is 1.88. The van der Waals surface area contributed by atoms with Crippen LogP contribution in [-0.2, 0) is 14.4 Å². The van der Waals surface area contributed by atoms with Gasteiger partial charge in [0, 0.05) is 0 Å². The second-order valence-electron chi connectivity index (χ2n) is 1.76. The smallest absolute Gasteiger partial charge is 0.311 e. The van der Waals surface area contributed by atoms with Crippen LogP contribution in [0.3, 0.4) is 0 Å². The normalized spacial score (nSPS) is 10.9. The van der Waals surface area contributed by atoms with Crippen LogP contribution in [0.25, 0.3) is 0 Å². The highest BCUT2D eigenvalue weighted by molar-refractivity contribution is 5.97. The van der Waals surface area contributed by atoms with Crippen molar-refractivity contribution in [3.05, 3.63) is 0 Å². The van der Waals surface area contributed by atoms with Crippen LogP contribution >= 0.6 is 0 Å². The van der Waals surface area contributed by atoms with Crippen LogP contribution in [0.5, 0.6) is 0 Å². The molecule has 0 radical (unpaired) electrons. The van der Waals surface area contributed by atoms with Crippen molar-refractivity contribution in [2.75, 3.05) is 14.2 Å². The Labute approximate surface area is 59.8 Å². The van der Waals surface area contributed by atoms with Crippen molar-refractivity contribution in [2.45, 2.75) is 13.3 Å². The summed E-state index contributed by atoms with van der Waals surface area (Å²) in [5.41, 5.74) is 0.606. The van der Waals surface area contributed by atoms with Gasteiger partial charge in [0.2, 0.25) is 0 Å². The minimum absolute atomic E-state index is 0.185. The summed E-state index contributed by atoms with van der Waals surface area (Å²) in [7, 11) is 2.77. The van der Waals surface area contributed by atoms with Gasteiger partial charge >= 0.3 is 5.97 Å². The van der Waals surface area contributed by atoms with E-state index in [0.29, 0.717) is 5.71 Å². The molecule has 0 aromatic heterocycles. The maximum Gasteiger partial charge on any atom is 0.311 e. The molecule has 0 amide bonds. The minimum Gasteiger partial charge on any atom is -0.469 e. The fourth-order valence-electron chi connectivity index (χ4n) is 0.469. The molecule has 4 nitrogen and oxygen atoms in total. The molecule has 0 heterocycles. The molecule has 0 N–H and O–H groups in total. The molecule has 0 rings (SSSR count). The highest BCUT2D eigenvalue weighted by Crippen LogP contribution is 1.88. The van der Waals surface area contributed by atoms with E-state index in [-0.39, 0.29) is 12.4 Å². The lowest BCUT2D eigenvalue weighted by molar-refractivity contribution is -0.139. The molecule has 0 aliphatic carbocycles. The van der Waals surface area contributed by atoms with Crippen LogP contribution in [0.15, 0.2) is 5.16 Å². The van der Waals surface area contributed by atoms with Crippen LogP contribution in [-0.4, -0.2) is 25.9 Å². The highest BCUT2D eigenvalue weighted by Gasteiger charge is 2.01. The molecule has 0 saturated heterocycles. The van der Waals surface area contributed by atoms with Crippen molar-refractivity contribution in [1.82, 2.24) is 0 Å². The van der Waals surface area contributed by atoms with Crippen LogP contribution in [0, 0.1) is 0 Å². The number of hydrogen-bond donors (Lipinski definition) is 0. The molecule has 0 unspecified atom stereocenters. The molecule has 0 spiro atoms. The third-order valence-electron chi connectivity index (χ3n) is 0.875. The lowest BCUT2D eigenvalue weighted by Crippen LogP contribution is -2.06. The standard InChI is InChI=1S/C6H11NO3/c1-5(7-10-3)4-6(8)9-2/h4H2,1-3H3/b7-5+. The van der Waals surface area contributed by atoms with Gasteiger partial charge in [0.15, 0.2) is 0 Å². The lowest BCUT2D eigenvalue weighted by Gasteiger charge is -1.96. The quantitative estimate of drug-likeness (QED) is 0.331. The number of carbonyl (C=O) groups is 1. The van der Waals surface area contributed by atoms with Gasteiger partial charge in [0.05, 0.1) is 19.2 Å². The number of oxime groups is 1. The Kier molecular flexibility index (Phi) is 4.28. The minimum atomic E-state index is -0.307. The SMILES string of the molecule is CO/N=C(\C)CC(=O)OC. The summed E-state index contributed by atoms with van der Waals surface area (Å²) in [4.78, 5) is 15.0. The monoisotopic (exact) mass is 145 g/mol. The summed E-state index contributed by atoms with van der Waals surface area (Å²) < 4.78 is 4.39. The van der Waals surface area contributed by atoms with E-state index in [1.807, 2.05) is 0 Å². The van der Waals surface area contributed by atoms with E-state index < -0.39 is 0 Å². The van der Waals surface area contributed by atoms with Gasteiger partial charge < -0.3 is 9.57 Å². The molecule has 58 valence electrons. The maximum absolute atomic E-state index is 10.5. The van der Waals surface area contributed by atoms with Crippen molar-refractivity contribution in [3.8, 4) is 0 Å². The Morgan fingerprint density at radius 1 is 1.50 bits per heavy atom. The molecule has 0 saturated carbocycles. The molecular weight excluding hydrogens is 134 g/mol. The first-order chi connectivity index (χ1) is 4.70. The zero-order chi connectivity index (χ0) is 7.98. The summed E-state index contributed by atoms with van der Waals surface area (Å²) in [6.07, 6.45) is 0.185. The maximum atomic E-state index is 10.5. The largest absolute Gasteiger partial charge is 0.469 e. The lowest BCUT2D eigenvalue weighted by atomic mass is 10.3. The predicted octanol–water partition coefficient (Wildman–Crippen LogP) is 0.572. The van der Waals surface area contributed by atoms with Crippen molar-refractivity contribution in [3.63, 3.8) is 0 Å². The Hall–Kier alpha value is -1.06. The Balaban J connectivity index is 3.67. The third-order valence-corrected chi connectivity index (χ3v) is 0.875. The van der Waals surface area contributed by atoms with Gasteiger partial charge in [-0.05, 0) is 6.92 Å². The Morgan fingerprint density at radius 3 is 2.50 bits per heavy atom. The summed E-state index contributed by atoms with van der Waals surface area (Å²) in [5, 5.41) is 3.53. The predicted molar refractivity (Wildman–Crippen MR) is 36.8 cm³/mol. The van der Waals surface area contributed by atoms with Crippen molar-refractivity contribution < 1.29 is 14.4 Å². The number of hydrogen-bond acceptors (Lipinski definition) is 4. The van der Waals surface area contributed by atoms with Gasteiger partial charge in [-0.3, -0.25) is 4.79 Å². The number of nitrogens with zero attached hydrogens (tertiary/aromatic N) is 1. The van der Waals surface area contributed by atoms with E-state index in [1.54, 1.807) is 6.92 Å². The van der Waals surface area contributed by atoms with Crippen molar-refractivity contribution in [1.29, 1.82) is 0 Å². The number of carbonyl (C=O) groups excluding carboxylic acids is 1. The van der Waals surface area contributed by atoms with Gasteiger partial charge in [-0.1, -0.05) is 5.16 Å². The molecule has 0 aliphatic rings. The van der Waals surface area contributed by atoms with Crippen LogP contribution < -0.4 is 0 Å². The molecule has 4 heteroatoms. The molecule has 0 fully saturated rings.